The number of anilines is 1. The lowest BCUT2D eigenvalue weighted by atomic mass is 10.1. The number of hydrogen-bond donors (Lipinski definition) is 1. The molecule has 1 aliphatic rings. The molecule has 0 unspecified atom stereocenters. The number of aromatic nitrogens is 2. The smallest absolute Gasteiger partial charge is 0.263 e. The second-order valence-electron chi connectivity index (χ2n) is 8.75. The second-order valence-corrected chi connectivity index (χ2v) is 14.3. The van der Waals surface area contributed by atoms with E-state index in [1.165, 1.54) is 0 Å². The Bertz CT molecular complexity index is 1090. The van der Waals surface area contributed by atoms with Crippen LogP contribution < -0.4 is 10.1 Å². The number of rotatable bonds is 4. The van der Waals surface area contributed by atoms with Crippen molar-refractivity contribution in [3.8, 4) is 34.7 Å². The Balaban J connectivity index is 2.21. The summed E-state index contributed by atoms with van der Waals surface area (Å²) in [4.78, 5) is 21.1. The average molecular weight is 433 g/mol. The fraction of sp³-hybridized carbons (Fsp3) is 0.417. The summed E-state index contributed by atoms with van der Waals surface area (Å²) in [6.45, 7) is 13.4. The van der Waals surface area contributed by atoms with Crippen LogP contribution in [-0.4, -0.2) is 30.6 Å². The molecule has 3 rings (SSSR count). The standard InChI is InChI=1S/C24H28N4O2Si/c1-15(2)31(16(3)4,17(5)6)11-10-20-22-24(27-21(29)14-30-22)28-23(26-20)19-9-7-8-18(12-19)13-25/h7-9,12,15-17H,14H2,1-6H3,(H,26,27,28,29). The second kappa shape index (κ2) is 8.91. The number of fused-ring (bicyclic) bond motifs is 1. The van der Waals surface area contributed by atoms with Crippen LogP contribution in [0.4, 0.5) is 5.82 Å². The number of hydrogen-bond acceptors (Lipinski definition) is 5. The minimum absolute atomic E-state index is 0.0879. The molecule has 0 bridgehead atoms. The quantitative estimate of drug-likeness (QED) is 0.547. The maximum atomic E-state index is 11.9. The monoisotopic (exact) mass is 432 g/mol. The largest absolute Gasteiger partial charge is 0.477 e. The van der Waals surface area contributed by atoms with E-state index in [-0.39, 0.29) is 12.5 Å². The van der Waals surface area contributed by atoms with Gasteiger partial charge in [-0.15, -0.1) is 5.54 Å². The highest BCUT2D eigenvalue weighted by Gasteiger charge is 2.41. The van der Waals surface area contributed by atoms with Crippen LogP contribution in [0.3, 0.4) is 0 Å². The lowest BCUT2D eigenvalue weighted by Gasteiger charge is -2.38. The van der Waals surface area contributed by atoms with Crippen molar-refractivity contribution in [2.75, 3.05) is 11.9 Å². The van der Waals surface area contributed by atoms with Gasteiger partial charge in [0.2, 0.25) is 0 Å². The van der Waals surface area contributed by atoms with Gasteiger partial charge in [-0.25, -0.2) is 9.97 Å². The van der Waals surface area contributed by atoms with Crippen molar-refractivity contribution in [1.29, 1.82) is 5.26 Å². The van der Waals surface area contributed by atoms with Crippen molar-refractivity contribution < 1.29 is 9.53 Å². The number of benzene rings is 1. The van der Waals surface area contributed by atoms with Gasteiger partial charge >= 0.3 is 0 Å². The number of ether oxygens (including phenoxy) is 1. The Morgan fingerprint density at radius 1 is 1.10 bits per heavy atom. The number of carbonyl (C=O) groups is 1. The summed E-state index contributed by atoms with van der Waals surface area (Å²) < 4.78 is 5.67. The molecule has 160 valence electrons. The summed E-state index contributed by atoms with van der Waals surface area (Å²) in [5.74, 6) is 4.19. The zero-order chi connectivity index (χ0) is 22.8. The summed E-state index contributed by atoms with van der Waals surface area (Å²) in [7, 11) is -1.99. The molecule has 2 aromatic rings. The van der Waals surface area contributed by atoms with Crippen LogP contribution in [0.1, 0.15) is 52.8 Å². The van der Waals surface area contributed by atoms with Crippen molar-refractivity contribution in [1.82, 2.24) is 9.97 Å². The minimum Gasteiger partial charge on any atom is -0.477 e. The maximum absolute atomic E-state index is 11.9. The van der Waals surface area contributed by atoms with Gasteiger partial charge in [0.1, 0.15) is 8.07 Å². The van der Waals surface area contributed by atoms with Gasteiger partial charge in [0.25, 0.3) is 5.91 Å². The molecular formula is C24H28N4O2Si. The third-order valence-electron chi connectivity index (χ3n) is 5.98. The van der Waals surface area contributed by atoms with E-state index in [2.05, 4.69) is 74.4 Å². The molecule has 1 amide bonds. The van der Waals surface area contributed by atoms with Crippen molar-refractivity contribution in [2.24, 2.45) is 0 Å². The van der Waals surface area contributed by atoms with Crippen LogP contribution in [0.2, 0.25) is 16.6 Å². The van der Waals surface area contributed by atoms with E-state index in [1.807, 2.05) is 6.07 Å². The van der Waals surface area contributed by atoms with Gasteiger partial charge in [0.15, 0.2) is 29.7 Å². The minimum atomic E-state index is -1.99. The molecule has 0 aliphatic carbocycles. The number of nitriles is 1. The lowest BCUT2D eigenvalue weighted by molar-refractivity contribution is -0.118. The van der Waals surface area contributed by atoms with Gasteiger partial charge in [0.05, 0.1) is 11.6 Å². The van der Waals surface area contributed by atoms with E-state index in [0.717, 1.165) is 0 Å². The molecule has 0 spiro atoms. The van der Waals surface area contributed by atoms with Crippen LogP contribution in [0, 0.1) is 22.8 Å². The lowest BCUT2D eigenvalue weighted by Crippen LogP contribution is -2.43. The SMILES string of the molecule is CC(C)[Si](C#Cc1nc(-c2cccc(C#N)c2)nc2c1OCC(=O)N2)(C(C)C)C(C)C. The first-order chi connectivity index (χ1) is 14.7. The Kier molecular flexibility index (Phi) is 6.47. The first-order valence-electron chi connectivity index (χ1n) is 10.6. The van der Waals surface area contributed by atoms with Gasteiger partial charge in [0, 0.05) is 5.56 Å². The topological polar surface area (TPSA) is 87.9 Å². The van der Waals surface area contributed by atoms with Crippen LogP contribution in [0.25, 0.3) is 11.4 Å². The molecule has 0 saturated heterocycles. The molecule has 0 atom stereocenters. The van der Waals surface area contributed by atoms with Crippen molar-refractivity contribution >= 4 is 19.8 Å². The summed E-state index contributed by atoms with van der Waals surface area (Å²) in [6, 6.07) is 9.19. The third-order valence-corrected chi connectivity index (χ3v) is 12.3. The molecule has 31 heavy (non-hydrogen) atoms. The molecule has 2 heterocycles. The molecule has 7 heteroatoms. The van der Waals surface area contributed by atoms with E-state index in [1.54, 1.807) is 18.2 Å². The van der Waals surface area contributed by atoms with Gasteiger partial charge in [-0.2, -0.15) is 5.26 Å². The Hall–Kier alpha value is -3.16. The summed E-state index contributed by atoms with van der Waals surface area (Å²) >= 11 is 0. The van der Waals surface area contributed by atoms with Gasteiger partial charge in [-0.1, -0.05) is 53.7 Å². The first kappa shape index (κ1) is 22.5. The van der Waals surface area contributed by atoms with Gasteiger partial charge in [-0.3, -0.25) is 4.79 Å². The highest BCUT2D eigenvalue weighted by atomic mass is 28.3. The fourth-order valence-electron chi connectivity index (χ4n) is 4.52. The molecule has 0 radical (unpaired) electrons. The Morgan fingerprint density at radius 3 is 2.39 bits per heavy atom. The highest BCUT2D eigenvalue weighted by molar-refractivity contribution is 6.90. The van der Waals surface area contributed by atoms with E-state index >= 15 is 0 Å². The molecule has 0 fully saturated rings. The molecule has 1 aromatic heterocycles. The van der Waals surface area contributed by atoms with E-state index in [4.69, 9.17) is 4.74 Å². The molecule has 1 aliphatic heterocycles. The molecule has 6 nitrogen and oxygen atoms in total. The normalized spacial score (nSPS) is 13.2. The number of nitrogens with one attached hydrogen (secondary N) is 1. The van der Waals surface area contributed by atoms with Crippen LogP contribution in [-0.2, 0) is 4.79 Å². The Labute approximate surface area is 185 Å². The average Bonchev–Trinajstić information content (AvgIpc) is 2.72. The first-order valence-corrected chi connectivity index (χ1v) is 12.8. The highest BCUT2D eigenvalue weighted by Crippen LogP contribution is 2.41. The zero-order valence-electron chi connectivity index (χ0n) is 18.9. The van der Waals surface area contributed by atoms with Gasteiger partial charge in [-0.05, 0) is 34.7 Å². The van der Waals surface area contributed by atoms with Crippen molar-refractivity contribution in [3.63, 3.8) is 0 Å². The Morgan fingerprint density at radius 2 is 1.77 bits per heavy atom. The van der Waals surface area contributed by atoms with E-state index < -0.39 is 8.07 Å². The van der Waals surface area contributed by atoms with Crippen LogP contribution in [0.5, 0.6) is 5.75 Å². The predicted molar refractivity (Wildman–Crippen MR) is 124 cm³/mol. The van der Waals surface area contributed by atoms with Crippen molar-refractivity contribution in [3.05, 3.63) is 35.5 Å². The fourth-order valence-corrected chi connectivity index (χ4v) is 9.72. The third kappa shape index (κ3) is 4.33. The summed E-state index contributed by atoms with van der Waals surface area (Å²) in [5, 5.41) is 12.0. The van der Waals surface area contributed by atoms with Crippen LogP contribution in [0.15, 0.2) is 24.3 Å². The molecule has 0 saturated carbocycles. The molecular weight excluding hydrogens is 404 g/mol. The number of nitrogens with zero attached hydrogens (tertiary/aromatic N) is 3. The molecule has 1 N–H and O–H groups in total. The van der Waals surface area contributed by atoms with Gasteiger partial charge < -0.3 is 10.1 Å². The van der Waals surface area contributed by atoms with E-state index in [9.17, 15) is 10.1 Å². The number of carbonyl (C=O) groups excluding carboxylic acids is 1. The van der Waals surface area contributed by atoms with Crippen molar-refractivity contribution in [2.45, 2.75) is 58.2 Å². The summed E-state index contributed by atoms with van der Waals surface area (Å²) in [5.41, 5.74) is 6.76. The summed E-state index contributed by atoms with van der Waals surface area (Å²) in [6.07, 6.45) is 0. The number of amides is 1. The maximum Gasteiger partial charge on any atom is 0.263 e. The molecule has 1 aromatic carbocycles. The zero-order valence-corrected chi connectivity index (χ0v) is 19.9. The van der Waals surface area contributed by atoms with Crippen LogP contribution >= 0.6 is 0 Å². The predicted octanol–water partition coefficient (Wildman–Crippen LogP) is 4.92. The van der Waals surface area contributed by atoms with E-state index in [0.29, 0.717) is 50.8 Å².